The number of benzene rings is 2. The molecule has 1 amide bonds. The lowest BCUT2D eigenvalue weighted by Gasteiger charge is -2.23. The number of anilines is 1. The van der Waals surface area contributed by atoms with Crippen LogP contribution in [0.4, 0.5) is 5.69 Å². The van der Waals surface area contributed by atoms with Crippen molar-refractivity contribution in [1.29, 1.82) is 0 Å². The van der Waals surface area contributed by atoms with Gasteiger partial charge >= 0.3 is 0 Å². The first-order valence-corrected chi connectivity index (χ1v) is 9.68. The van der Waals surface area contributed by atoms with Crippen LogP contribution in [0.3, 0.4) is 0 Å². The lowest BCUT2D eigenvalue weighted by molar-refractivity contribution is -0.122. The molecule has 3 heterocycles. The maximum absolute atomic E-state index is 13.8. The Morgan fingerprint density at radius 1 is 1.17 bits per heavy atom. The largest absolute Gasteiger partial charge is 0.491 e. The fourth-order valence-electron chi connectivity index (χ4n) is 4.35. The monoisotopic (exact) mass is 394 g/mol. The Kier molecular flexibility index (Phi) is 4.29. The van der Waals surface area contributed by atoms with Crippen molar-refractivity contribution in [3.63, 3.8) is 0 Å². The molecule has 2 aliphatic rings. The third-order valence-electron chi connectivity index (χ3n) is 5.81. The second-order valence-corrected chi connectivity index (χ2v) is 7.39. The van der Waals surface area contributed by atoms with Gasteiger partial charge in [0.15, 0.2) is 5.58 Å². The lowest BCUT2D eigenvalue weighted by Crippen LogP contribution is -2.43. The molecule has 3 aromatic rings. The number of aryl methyl sites for hydroxylation is 1. The predicted molar refractivity (Wildman–Crippen MR) is 107 cm³/mol. The van der Waals surface area contributed by atoms with Crippen LogP contribution in [0.15, 0.2) is 40.9 Å². The van der Waals surface area contributed by atoms with Crippen LogP contribution in [-0.2, 0) is 19.7 Å². The molecule has 29 heavy (non-hydrogen) atoms. The molecule has 0 bridgehead atoms. The Labute approximate surface area is 168 Å². The molecule has 1 spiro atoms. The van der Waals surface area contributed by atoms with Gasteiger partial charge in [-0.3, -0.25) is 4.79 Å². The van der Waals surface area contributed by atoms with Crippen molar-refractivity contribution in [2.45, 2.75) is 12.3 Å². The average molecular weight is 394 g/mol. The van der Waals surface area contributed by atoms with Gasteiger partial charge in [0.2, 0.25) is 5.91 Å². The number of aromatic nitrogens is 1. The van der Waals surface area contributed by atoms with Crippen LogP contribution in [0.5, 0.6) is 5.75 Å². The van der Waals surface area contributed by atoms with Crippen LogP contribution in [0.25, 0.3) is 11.0 Å². The zero-order valence-corrected chi connectivity index (χ0v) is 16.4. The summed E-state index contributed by atoms with van der Waals surface area (Å²) in [5.41, 5.74) is 3.36. The number of ether oxygens (including phenoxy) is 3. The van der Waals surface area contributed by atoms with Gasteiger partial charge in [-0.25, -0.2) is 0 Å². The zero-order chi connectivity index (χ0) is 20.0. The van der Waals surface area contributed by atoms with Gasteiger partial charge in [0.05, 0.1) is 25.5 Å². The Morgan fingerprint density at radius 2 is 2.03 bits per heavy atom. The van der Waals surface area contributed by atoms with E-state index in [4.69, 9.17) is 18.7 Å². The topological polar surface area (TPSA) is 74.0 Å². The standard InChI is InChI=1S/C22H22N2O5/c1-14-15-11-17-20(12-19(15)29-23-14)28-13-22(17)16-5-3-4-6-18(16)24(21(22)25)7-8-27-10-9-26-2/h3-6,11-12H,7-10,13H2,1-2H3. The molecule has 1 unspecified atom stereocenters. The molecule has 1 aromatic heterocycles. The molecule has 0 aliphatic carbocycles. The van der Waals surface area contributed by atoms with Crippen LogP contribution in [0, 0.1) is 6.92 Å². The predicted octanol–water partition coefficient (Wildman–Crippen LogP) is 2.82. The number of para-hydroxylation sites is 1. The fourth-order valence-corrected chi connectivity index (χ4v) is 4.35. The van der Waals surface area contributed by atoms with E-state index >= 15 is 0 Å². The van der Waals surface area contributed by atoms with E-state index < -0.39 is 5.41 Å². The van der Waals surface area contributed by atoms with Gasteiger partial charge in [-0.1, -0.05) is 23.4 Å². The van der Waals surface area contributed by atoms with Crippen LogP contribution in [-0.4, -0.2) is 51.1 Å². The van der Waals surface area contributed by atoms with Crippen molar-refractivity contribution in [3.8, 4) is 5.75 Å². The van der Waals surface area contributed by atoms with Crippen LogP contribution >= 0.6 is 0 Å². The van der Waals surface area contributed by atoms with Gasteiger partial charge in [0.1, 0.15) is 17.8 Å². The Morgan fingerprint density at radius 3 is 2.90 bits per heavy atom. The van der Waals surface area contributed by atoms with Gasteiger partial charge in [0, 0.05) is 36.4 Å². The van der Waals surface area contributed by atoms with Gasteiger partial charge in [-0.2, -0.15) is 0 Å². The summed E-state index contributed by atoms with van der Waals surface area (Å²) in [5.74, 6) is 0.691. The minimum atomic E-state index is -0.851. The molecule has 2 aromatic carbocycles. The lowest BCUT2D eigenvalue weighted by atomic mass is 9.77. The highest BCUT2D eigenvalue weighted by Gasteiger charge is 2.56. The molecule has 7 heteroatoms. The number of rotatable bonds is 6. The highest BCUT2D eigenvalue weighted by molar-refractivity contribution is 6.12. The Balaban J connectivity index is 1.56. The van der Waals surface area contributed by atoms with Crippen LogP contribution < -0.4 is 9.64 Å². The second-order valence-electron chi connectivity index (χ2n) is 7.39. The van der Waals surface area contributed by atoms with E-state index in [0.717, 1.165) is 27.9 Å². The summed E-state index contributed by atoms with van der Waals surface area (Å²) in [7, 11) is 1.64. The molecule has 7 nitrogen and oxygen atoms in total. The van der Waals surface area contributed by atoms with Crippen molar-refractivity contribution >= 4 is 22.6 Å². The van der Waals surface area contributed by atoms with E-state index in [9.17, 15) is 4.79 Å². The zero-order valence-electron chi connectivity index (χ0n) is 16.4. The van der Waals surface area contributed by atoms with Gasteiger partial charge in [-0.15, -0.1) is 0 Å². The summed E-state index contributed by atoms with van der Waals surface area (Å²) in [6.07, 6.45) is 0. The number of hydrogen-bond acceptors (Lipinski definition) is 6. The van der Waals surface area contributed by atoms with Crippen molar-refractivity contribution in [3.05, 3.63) is 53.2 Å². The summed E-state index contributed by atoms with van der Waals surface area (Å²) in [5, 5.41) is 4.95. The summed E-state index contributed by atoms with van der Waals surface area (Å²) >= 11 is 0. The fraction of sp³-hybridized carbons (Fsp3) is 0.364. The van der Waals surface area contributed by atoms with Gasteiger partial charge in [0.25, 0.3) is 0 Å². The van der Waals surface area contributed by atoms with Crippen LogP contribution in [0.2, 0.25) is 0 Å². The molecule has 0 saturated carbocycles. The number of amides is 1. The number of methoxy groups -OCH3 is 1. The Bertz CT molecular complexity index is 1090. The van der Waals surface area contributed by atoms with Gasteiger partial charge < -0.3 is 23.6 Å². The maximum Gasteiger partial charge on any atom is 0.245 e. The second kappa shape index (κ2) is 6.86. The average Bonchev–Trinajstić information content (AvgIpc) is 3.37. The number of carbonyl (C=O) groups excluding carboxylic acids is 1. The third kappa shape index (κ3) is 2.58. The first-order valence-electron chi connectivity index (χ1n) is 9.68. The molecule has 0 N–H and O–H groups in total. The summed E-state index contributed by atoms with van der Waals surface area (Å²) in [6, 6.07) is 11.8. The van der Waals surface area contributed by atoms with Crippen molar-refractivity contribution in [2.24, 2.45) is 0 Å². The molecule has 150 valence electrons. The van der Waals surface area contributed by atoms with E-state index in [2.05, 4.69) is 5.16 Å². The first-order chi connectivity index (χ1) is 14.2. The van der Waals surface area contributed by atoms with E-state index in [-0.39, 0.29) is 12.5 Å². The van der Waals surface area contributed by atoms with Crippen molar-refractivity contribution < 1.29 is 23.5 Å². The number of nitrogens with zero attached hydrogens (tertiary/aromatic N) is 2. The molecular formula is C22H22N2O5. The van der Waals surface area contributed by atoms with E-state index in [1.165, 1.54) is 0 Å². The minimum Gasteiger partial charge on any atom is -0.491 e. The molecule has 2 aliphatic heterocycles. The summed E-state index contributed by atoms with van der Waals surface area (Å²) < 4.78 is 22.0. The van der Waals surface area contributed by atoms with E-state index in [1.54, 1.807) is 7.11 Å². The smallest absolute Gasteiger partial charge is 0.245 e. The maximum atomic E-state index is 13.8. The number of carbonyl (C=O) groups is 1. The molecular weight excluding hydrogens is 372 g/mol. The minimum absolute atomic E-state index is 0.0150. The number of hydrogen-bond donors (Lipinski definition) is 0. The highest BCUT2D eigenvalue weighted by atomic mass is 16.5. The number of fused-ring (bicyclic) bond motifs is 5. The third-order valence-corrected chi connectivity index (χ3v) is 5.81. The van der Waals surface area contributed by atoms with Crippen molar-refractivity contribution in [1.82, 2.24) is 5.16 Å². The molecule has 5 rings (SSSR count). The van der Waals surface area contributed by atoms with E-state index in [0.29, 0.717) is 37.7 Å². The SMILES string of the molecule is COCCOCCN1C(=O)C2(COc3cc4onc(C)c4cc32)c2ccccc21. The molecule has 0 saturated heterocycles. The van der Waals surface area contributed by atoms with Gasteiger partial charge in [-0.05, 0) is 24.6 Å². The van der Waals surface area contributed by atoms with Crippen molar-refractivity contribution in [2.75, 3.05) is 45.0 Å². The Hall–Kier alpha value is -2.90. The molecule has 1 atom stereocenters. The normalized spacial score (nSPS) is 19.8. The summed E-state index contributed by atoms with van der Waals surface area (Å²) in [6.45, 7) is 4.13. The highest BCUT2D eigenvalue weighted by Crippen LogP contribution is 2.53. The van der Waals surface area contributed by atoms with Crippen LogP contribution in [0.1, 0.15) is 16.8 Å². The molecule has 0 fully saturated rings. The summed E-state index contributed by atoms with van der Waals surface area (Å²) in [4.78, 5) is 15.6. The first kappa shape index (κ1) is 18.1. The molecule has 0 radical (unpaired) electrons. The quantitative estimate of drug-likeness (QED) is 0.599. The van der Waals surface area contributed by atoms with E-state index in [1.807, 2.05) is 48.2 Å².